The number of ether oxygens (including phenoxy) is 3. The maximum atomic E-state index is 12.7. The minimum absolute atomic E-state index is 0.140. The zero-order chi connectivity index (χ0) is 26.1. The van der Waals surface area contributed by atoms with E-state index in [1.54, 1.807) is 24.3 Å². The maximum Gasteiger partial charge on any atom is 0.337 e. The van der Waals surface area contributed by atoms with Crippen molar-refractivity contribution in [1.29, 1.82) is 5.26 Å². The normalized spacial score (nSPS) is 10.8. The summed E-state index contributed by atoms with van der Waals surface area (Å²) in [5.74, 6) is -0.318. The van der Waals surface area contributed by atoms with Crippen molar-refractivity contribution in [3.8, 4) is 17.6 Å². The van der Waals surface area contributed by atoms with E-state index in [9.17, 15) is 14.9 Å². The summed E-state index contributed by atoms with van der Waals surface area (Å²) in [6, 6.07) is 19.2. The van der Waals surface area contributed by atoms with Gasteiger partial charge in [0.25, 0.3) is 5.91 Å². The maximum absolute atomic E-state index is 12.7. The first-order valence-electron chi connectivity index (χ1n) is 11.1. The number of amides is 1. The molecule has 0 aliphatic carbocycles. The molecule has 0 bridgehead atoms. The standard InChI is InChI=1S/C28H25ClN2O5/c1-4-35-25-15-20(14-24(29)26(25)36-17-19-7-5-6-18(2)12-19)13-22(16-30)27(32)31-23-10-8-21(9-11-23)28(33)34-3/h5-15H,4,17H2,1-3H3,(H,31,32)/b22-13+. The van der Waals surface area contributed by atoms with Gasteiger partial charge in [0, 0.05) is 5.69 Å². The molecule has 0 unspecified atom stereocenters. The number of benzene rings is 3. The quantitative estimate of drug-likeness (QED) is 0.219. The SMILES string of the molecule is CCOc1cc(/C=C(\C#N)C(=O)Nc2ccc(C(=O)OC)cc2)cc(Cl)c1OCc1cccc(C)c1. The number of nitriles is 1. The monoisotopic (exact) mass is 504 g/mol. The van der Waals surface area contributed by atoms with Gasteiger partial charge in [0.1, 0.15) is 18.2 Å². The highest BCUT2D eigenvalue weighted by atomic mass is 35.5. The smallest absolute Gasteiger partial charge is 0.337 e. The number of rotatable bonds is 9. The van der Waals surface area contributed by atoms with Crippen LogP contribution in [0.2, 0.25) is 5.02 Å². The van der Waals surface area contributed by atoms with Crippen molar-refractivity contribution in [3.05, 3.63) is 93.5 Å². The number of nitrogens with zero attached hydrogens (tertiary/aromatic N) is 1. The van der Waals surface area contributed by atoms with E-state index < -0.39 is 11.9 Å². The number of nitrogens with one attached hydrogen (secondary N) is 1. The second kappa shape index (κ2) is 12.4. The van der Waals surface area contributed by atoms with Crippen molar-refractivity contribution in [1.82, 2.24) is 0 Å². The Morgan fingerprint density at radius 3 is 2.47 bits per heavy atom. The fourth-order valence-corrected chi connectivity index (χ4v) is 3.63. The van der Waals surface area contributed by atoms with Gasteiger partial charge in [0.15, 0.2) is 11.5 Å². The molecule has 0 fully saturated rings. The number of methoxy groups -OCH3 is 1. The summed E-state index contributed by atoms with van der Waals surface area (Å²) in [7, 11) is 1.29. The molecule has 0 heterocycles. The van der Waals surface area contributed by atoms with E-state index in [0.717, 1.165) is 11.1 Å². The van der Waals surface area contributed by atoms with Crippen LogP contribution in [-0.4, -0.2) is 25.6 Å². The van der Waals surface area contributed by atoms with Crippen molar-refractivity contribution in [3.63, 3.8) is 0 Å². The molecule has 184 valence electrons. The van der Waals surface area contributed by atoms with Gasteiger partial charge in [-0.05, 0) is 67.4 Å². The molecule has 0 aliphatic heterocycles. The van der Waals surface area contributed by atoms with Gasteiger partial charge >= 0.3 is 5.97 Å². The lowest BCUT2D eigenvalue weighted by atomic mass is 10.1. The van der Waals surface area contributed by atoms with Crippen LogP contribution < -0.4 is 14.8 Å². The Balaban J connectivity index is 1.81. The van der Waals surface area contributed by atoms with E-state index in [2.05, 4.69) is 10.1 Å². The van der Waals surface area contributed by atoms with Crippen molar-refractivity contribution in [2.45, 2.75) is 20.5 Å². The molecule has 0 saturated heterocycles. The molecule has 7 nitrogen and oxygen atoms in total. The first-order chi connectivity index (χ1) is 17.3. The molecular formula is C28H25ClN2O5. The molecule has 0 saturated carbocycles. The summed E-state index contributed by atoms with van der Waals surface area (Å²) in [5, 5.41) is 12.5. The average Bonchev–Trinajstić information content (AvgIpc) is 2.87. The third kappa shape index (κ3) is 6.87. The molecule has 3 aromatic rings. The van der Waals surface area contributed by atoms with E-state index in [0.29, 0.717) is 41.5 Å². The Morgan fingerprint density at radius 2 is 1.83 bits per heavy atom. The Bertz CT molecular complexity index is 1330. The summed E-state index contributed by atoms with van der Waals surface area (Å²) in [4.78, 5) is 24.3. The fourth-order valence-electron chi connectivity index (χ4n) is 3.35. The van der Waals surface area contributed by atoms with Crippen LogP contribution in [0.25, 0.3) is 6.08 Å². The Labute approximate surface area is 214 Å². The largest absolute Gasteiger partial charge is 0.490 e. The molecular weight excluding hydrogens is 480 g/mol. The third-order valence-electron chi connectivity index (χ3n) is 5.04. The molecule has 0 atom stereocenters. The lowest BCUT2D eigenvalue weighted by Crippen LogP contribution is -2.13. The van der Waals surface area contributed by atoms with E-state index in [4.69, 9.17) is 21.1 Å². The van der Waals surface area contributed by atoms with Crippen LogP contribution in [0.15, 0.2) is 66.2 Å². The molecule has 1 amide bonds. The van der Waals surface area contributed by atoms with Gasteiger partial charge < -0.3 is 19.5 Å². The molecule has 1 N–H and O–H groups in total. The number of aryl methyl sites for hydroxylation is 1. The fraction of sp³-hybridized carbons (Fsp3) is 0.179. The number of hydrogen-bond donors (Lipinski definition) is 1. The van der Waals surface area contributed by atoms with Crippen molar-refractivity contribution >= 4 is 35.2 Å². The van der Waals surface area contributed by atoms with Gasteiger partial charge in [-0.3, -0.25) is 4.79 Å². The zero-order valence-electron chi connectivity index (χ0n) is 20.1. The molecule has 8 heteroatoms. The summed E-state index contributed by atoms with van der Waals surface area (Å²) in [6.07, 6.45) is 1.41. The molecule has 0 spiro atoms. The summed E-state index contributed by atoms with van der Waals surface area (Å²) >= 11 is 6.50. The first kappa shape index (κ1) is 26.3. The topological polar surface area (TPSA) is 97.7 Å². The van der Waals surface area contributed by atoms with Gasteiger partial charge in [-0.15, -0.1) is 0 Å². The number of anilines is 1. The van der Waals surface area contributed by atoms with Crippen LogP contribution in [0, 0.1) is 18.3 Å². The second-order valence-electron chi connectivity index (χ2n) is 7.73. The molecule has 0 aliphatic rings. The molecule has 0 aromatic heterocycles. The van der Waals surface area contributed by atoms with E-state index in [1.165, 1.54) is 25.3 Å². The number of hydrogen-bond acceptors (Lipinski definition) is 6. The summed E-state index contributed by atoms with van der Waals surface area (Å²) in [6.45, 7) is 4.51. The van der Waals surface area contributed by atoms with Crippen molar-refractivity contribution < 1.29 is 23.8 Å². The Kier molecular flexibility index (Phi) is 9.09. The van der Waals surface area contributed by atoms with Gasteiger partial charge in [-0.1, -0.05) is 41.4 Å². The highest BCUT2D eigenvalue weighted by molar-refractivity contribution is 6.32. The van der Waals surface area contributed by atoms with Gasteiger partial charge in [0.05, 0.1) is 24.3 Å². The lowest BCUT2D eigenvalue weighted by Gasteiger charge is -2.15. The first-order valence-corrected chi connectivity index (χ1v) is 11.5. The average molecular weight is 505 g/mol. The minimum Gasteiger partial charge on any atom is -0.490 e. The van der Waals surface area contributed by atoms with Gasteiger partial charge in [-0.25, -0.2) is 4.79 Å². The van der Waals surface area contributed by atoms with Crippen LogP contribution in [0.1, 0.15) is 34.0 Å². The number of esters is 1. The third-order valence-corrected chi connectivity index (χ3v) is 5.32. The molecule has 3 aromatic carbocycles. The number of carbonyl (C=O) groups excluding carboxylic acids is 2. The molecule has 0 radical (unpaired) electrons. The highest BCUT2D eigenvalue weighted by Crippen LogP contribution is 2.38. The van der Waals surface area contributed by atoms with Gasteiger partial charge in [0.2, 0.25) is 0 Å². The predicted octanol–water partition coefficient (Wildman–Crippen LogP) is 5.96. The van der Waals surface area contributed by atoms with Crippen LogP contribution in [0.5, 0.6) is 11.5 Å². The predicted molar refractivity (Wildman–Crippen MR) is 138 cm³/mol. The second-order valence-corrected chi connectivity index (χ2v) is 8.14. The lowest BCUT2D eigenvalue weighted by molar-refractivity contribution is -0.112. The van der Waals surface area contributed by atoms with Crippen LogP contribution in [-0.2, 0) is 16.1 Å². The summed E-state index contributed by atoms with van der Waals surface area (Å²) < 4.78 is 16.3. The van der Waals surface area contributed by atoms with Crippen molar-refractivity contribution in [2.75, 3.05) is 19.0 Å². The zero-order valence-corrected chi connectivity index (χ0v) is 20.9. The van der Waals surface area contributed by atoms with Gasteiger partial charge in [-0.2, -0.15) is 5.26 Å². The Hall–Kier alpha value is -4.28. The van der Waals surface area contributed by atoms with Crippen LogP contribution >= 0.6 is 11.6 Å². The molecule has 36 heavy (non-hydrogen) atoms. The molecule has 3 rings (SSSR count). The van der Waals surface area contributed by atoms with Crippen LogP contribution in [0.4, 0.5) is 5.69 Å². The van der Waals surface area contributed by atoms with E-state index in [1.807, 2.05) is 44.2 Å². The van der Waals surface area contributed by atoms with Crippen molar-refractivity contribution in [2.24, 2.45) is 0 Å². The highest BCUT2D eigenvalue weighted by Gasteiger charge is 2.15. The van der Waals surface area contributed by atoms with Crippen LogP contribution in [0.3, 0.4) is 0 Å². The Morgan fingerprint density at radius 1 is 1.08 bits per heavy atom. The number of carbonyl (C=O) groups is 2. The van der Waals surface area contributed by atoms with E-state index >= 15 is 0 Å². The minimum atomic E-state index is -0.614. The summed E-state index contributed by atoms with van der Waals surface area (Å²) in [5.41, 5.74) is 3.23. The number of halogens is 1. The van der Waals surface area contributed by atoms with E-state index in [-0.39, 0.29) is 10.6 Å².